The van der Waals surface area contributed by atoms with Gasteiger partial charge in [0.05, 0.1) is 26.2 Å². The summed E-state index contributed by atoms with van der Waals surface area (Å²) < 4.78 is 16.3. The Morgan fingerprint density at radius 2 is 1.67 bits per heavy atom. The molecule has 6 heteroatoms. The number of rotatable bonds is 10. The van der Waals surface area contributed by atoms with E-state index in [2.05, 4.69) is 5.32 Å². The van der Waals surface area contributed by atoms with Crippen molar-refractivity contribution in [2.24, 2.45) is 11.1 Å². The van der Waals surface area contributed by atoms with E-state index in [1.54, 1.807) is 14.2 Å². The number of carbonyl (C=O) groups is 1. The number of nitrogens with two attached hydrogens (primary N) is 1. The molecule has 0 radical (unpaired) electrons. The first-order chi connectivity index (χ1) is 11.5. The fourth-order valence-corrected chi connectivity index (χ4v) is 2.65. The highest BCUT2D eigenvalue weighted by atomic mass is 16.5. The third-order valence-corrected chi connectivity index (χ3v) is 4.49. The number of carbonyl (C=O) groups excluding carboxylic acids is 1. The van der Waals surface area contributed by atoms with E-state index in [-0.39, 0.29) is 5.91 Å². The van der Waals surface area contributed by atoms with Crippen LogP contribution >= 0.6 is 0 Å². The van der Waals surface area contributed by atoms with Gasteiger partial charge in [-0.15, -0.1) is 0 Å². The molecule has 0 aliphatic carbocycles. The second-order valence-corrected chi connectivity index (χ2v) is 5.64. The number of amides is 1. The van der Waals surface area contributed by atoms with Gasteiger partial charge in [-0.2, -0.15) is 0 Å². The molecule has 6 nitrogen and oxygen atoms in total. The van der Waals surface area contributed by atoms with Gasteiger partial charge < -0.3 is 25.3 Å². The van der Waals surface area contributed by atoms with E-state index >= 15 is 0 Å². The molecule has 0 unspecified atom stereocenters. The smallest absolute Gasteiger partial charge is 0.227 e. The largest absolute Gasteiger partial charge is 0.493 e. The van der Waals surface area contributed by atoms with Gasteiger partial charge in [-0.1, -0.05) is 13.8 Å². The van der Waals surface area contributed by atoms with Crippen molar-refractivity contribution in [3.8, 4) is 17.2 Å². The third kappa shape index (κ3) is 4.32. The predicted octanol–water partition coefficient (Wildman–Crippen LogP) is 2.48. The maximum absolute atomic E-state index is 12.5. The lowest BCUT2D eigenvalue weighted by Crippen LogP contribution is -2.45. The van der Waals surface area contributed by atoms with Crippen LogP contribution in [0.3, 0.4) is 0 Å². The summed E-state index contributed by atoms with van der Waals surface area (Å²) in [6.07, 6.45) is 1.42. The van der Waals surface area contributed by atoms with E-state index in [1.165, 1.54) is 0 Å². The first-order valence-electron chi connectivity index (χ1n) is 8.37. The van der Waals surface area contributed by atoms with E-state index in [4.69, 9.17) is 19.9 Å². The topological polar surface area (TPSA) is 82.8 Å². The van der Waals surface area contributed by atoms with Crippen molar-refractivity contribution in [1.82, 2.24) is 5.32 Å². The van der Waals surface area contributed by atoms with Crippen molar-refractivity contribution in [1.29, 1.82) is 0 Å². The van der Waals surface area contributed by atoms with Crippen LogP contribution in [0, 0.1) is 5.41 Å². The Morgan fingerprint density at radius 3 is 2.04 bits per heavy atom. The van der Waals surface area contributed by atoms with Crippen LogP contribution in [0.5, 0.6) is 17.2 Å². The van der Waals surface area contributed by atoms with Crippen LogP contribution in [0.15, 0.2) is 12.1 Å². The molecular formula is C18H30N2O4. The Hall–Kier alpha value is -1.95. The summed E-state index contributed by atoms with van der Waals surface area (Å²) in [4.78, 5) is 12.5. The molecule has 0 aliphatic heterocycles. The van der Waals surface area contributed by atoms with E-state index < -0.39 is 5.41 Å². The molecule has 0 spiro atoms. The summed E-state index contributed by atoms with van der Waals surface area (Å²) in [6, 6.07) is 3.69. The summed E-state index contributed by atoms with van der Waals surface area (Å²) in [5.41, 5.74) is 6.19. The SMILES string of the molecule is CCOc1c(OC)cc(CNC(=O)C(CC)(CC)CN)cc1OC. The first-order valence-corrected chi connectivity index (χ1v) is 8.37. The quantitative estimate of drug-likeness (QED) is 0.685. The van der Waals surface area contributed by atoms with Crippen LogP contribution in [-0.2, 0) is 11.3 Å². The summed E-state index contributed by atoms with van der Waals surface area (Å²) in [6.45, 7) is 7.09. The van der Waals surface area contributed by atoms with Crippen LogP contribution in [-0.4, -0.2) is 33.3 Å². The van der Waals surface area contributed by atoms with Crippen molar-refractivity contribution < 1.29 is 19.0 Å². The predicted molar refractivity (Wildman–Crippen MR) is 94.6 cm³/mol. The summed E-state index contributed by atoms with van der Waals surface area (Å²) in [5, 5.41) is 2.98. The number of hydrogen-bond donors (Lipinski definition) is 2. The minimum atomic E-state index is -0.514. The Labute approximate surface area is 144 Å². The van der Waals surface area contributed by atoms with Crippen LogP contribution in [0.1, 0.15) is 39.2 Å². The summed E-state index contributed by atoms with van der Waals surface area (Å²) >= 11 is 0. The van der Waals surface area contributed by atoms with Crippen molar-refractivity contribution in [2.75, 3.05) is 27.4 Å². The Balaban J connectivity index is 2.98. The highest BCUT2D eigenvalue weighted by Gasteiger charge is 2.33. The van der Waals surface area contributed by atoms with Gasteiger partial charge in [0, 0.05) is 13.1 Å². The van der Waals surface area contributed by atoms with Gasteiger partial charge in [-0.25, -0.2) is 0 Å². The zero-order chi connectivity index (χ0) is 18.2. The molecule has 0 bridgehead atoms. The molecule has 24 heavy (non-hydrogen) atoms. The minimum Gasteiger partial charge on any atom is -0.493 e. The first kappa shape index (κ1) is 20.1. The van der Waals surface area contributed by atoms with Crippen molar-refractivity contribution in [2.45, 2.75) is 40.2 Å². The van der Waals surface area contributed by atoms with Crippen molar-refractivity contribution in [3.05, 3.63) is 17.7 Å². The molecule has 0 atom stereocenters. The molecule has 0 saturated carbocycles. The van der Waals surface area contributed by atoms with E-state index in [9.17, 15) is 4.79 Å². The average molecular weight is 338 g/mol. The summed E-state index contributed by atoms with van der Waals surface area (Å²) in [5.74, 6) is 1.70. The fourth-order valence-electron chi connectivity index (χ4n) is 2.65. The second-order valence-electron chi connectivity index (χ2n) is 5.64. The average Bonchev–Trinajstić information content (AvgIpc) is 2.62. The van der Waals surface area contributed by atoms with Gasteiger partial charge in [0.1, 0.15) is 0 Å². The van der Waals surface area contributed by atoms with E-state index in [1.807, 2.05) is 32.9 Å². The maximum atomic E-state index is 12.5. The molecule has 0 aliphatic rings. The molecule has 0 fully saturated rings. The normalized spacial score (nSPS) is 11.1. The highest BCUT2D eigenvalue weighted by molar-refractivity contribution is 5.82. The number of ether oxygens (including phenoxy) is 3. The van der Waals surface area contributed by atoms with E-state index in [0.29, 0.717) is 49.8 Å². The van der Waals surface area contributed by atoms with Gasteiger partial charge in [0.15, 0.2) is 11.5 Å². The zero-order valence-electron chi connectivity index (χ0n) is 15.4. The Bertz CT molecular complexity index is 509. The monoisotopic (exact) mass is 338 g/mol. The molecule has 0 aromatic heterocycles. The molecule has 1 rings (SSSR count). The van der Waals surface area contributed by atoms with Gasteiger partial charge >= 0.3 is 0 Å². The van der Waals surface area contributed by atoms with Gasteiger partial charge in [-0.3, -0.25) is 4.79 Å². The number of benzene rings is 1. The lowest BCUT2D eigenvalue weighted by atomic mass is 9.81. The highest BCUT2D eigenvalue weighted by Crippen LogP contribution is 2.38. The molecule has 3 N–H and O–H groups in total. The Kier molecular flexibility index (Phi) is 7.85. The lowest BCUT2D eigenvalue weighted by molar-refractivity contribution is -0.131. The molecule has 1 aromatic carbocycles. The lowest BCUT2D eigenvalue weighted by Gasteiger charge is -2.28. The van der Waals surface area contributed by atoms with Crippen LogP contribution in [0.2, 0.25) is 0 Å². The zero-order valence-corrected chi connectivity index (χ0v) is 15.4. The Morgan fingerprint density at radius 1 is 1.12 bits per heavy atom. The summed E-state index contributed by atoms with van der Waals surface area (Å²) in [7, 11) is 3.15. The standard InChI is InChI=1S/C18H30N2O4/c1-6-18(7-2,12-19)17(21)20-11-13-9-14(22-4)16(24-8-3)15(10-13)23-5/h9-10H,6-8,11-12,19H2,1-5H3,(H,20,21). The minimum absolute atomic E-state index is 0.0261. The molecule has 0 saturated heterocycles. The van der Waals surface area contributed by atoms with E-state index in [0.717, 1.165) is 5.56 Å². The van der Waals surface area contributed by atoms with Gasteiger partial charge in [0.2, 0.25) is 11.7 Å². The number of methoxy groups -OCH3 is 2. The number of hydrogen-bond acceptors (Lipinski definition) is 5. The molecule has 1 amide bonds. The van der Waals surface area contributed by atoms with Gasteiger partial charge in [0.25, 0.3) is 0 Å². The van der Waals surface area contributed by atoms with Crippen LogP contribution in [0.4, 0.5) is 0 Å². The van der Waals surface area contributed by atoms with Crippen LogP contribution < -0.4 is 25.3 Å². The molecule has 1 aromatic rings. The maximum Gasteiger partial charge on any atom is 0.227 e. The second kappa shape index (κ2) is 9.37. The fraction of sp³-hybridized carbons (Fsp3) is 0.611. The molecule has 0 heterocycles. The van der Waals surface area contributed by atoms with Crippen molar-refractivity contribution >= 4 is 5.91 Å². The molecule has 136 valence electrons. The van der Waals surface area contributed by atoms with Gasteiger partial charge in [-0.05, 0) is 37.5 Å². The molecular weight excluding hydrogens is 308 g/mol. The van der Waals surface area contributed by atoms with Crippen LogP contribution in [0.25, 0.3) is 0 Å². The van der Waals surface area contributed by atoms with Crippen molar-refractivity contribution in [3.63, 3.8) is 0 Å². The third-order valence-electron chi connectivity index (χ3n) is 4.49. The number of nitrogens with one attached hydrogen (secondary N) is 1.